The fraction of sp³-hybridized carbons (Fsp3) is 0.312. The number of carbonyl (C=O) groups is 2. The lowest BCUT2D eigenvalue weighted by Gasteiger charge is -2.43. The van der Waals surface area contributed by atoms with Crippen LogP contribution < -0.4 is 4.90 Å². The monoisotopic (exact) mass is 561 g/mol. The molecule has 7 rings (SSSR count). The average Bonchev–Trinajstić information content (AvgIpc) is 3.65. The van der Waals surface area contributed by atoms with Gasteiger partial charge in [0.2, 0.25) is 0 Å². The van der Waals surface area contributed by atoms with Crippen LogP contribution >= 0.6 is 0 Å². The van der Waals surface area contributed by atoms with E-state index in [0.29, 0.717) is 38.3 Å². The van der Waals surface area contributed by atoms with Crippen molar-refractivity contribution in [3.63, 3.8) is 0 Å². The highest BCUT2D eigenvalue weighted by molar-refractivity contribution is 5.95. The van der Waals surface area contributed by atoms with Gasteiger partial charge in [0, 0.05) is 62.6 Å². The van der Waals surface area contributed by atoms with Crippen molar-refractivity contribution < 1.29 is 14.3 Å². The van der Waals surface area contributed by atoms with Crippen LogP contribution in [0.1, 0.15) is 31.9 Å². The minimum Gasteiger partial charge on any atom is -0.444 e. The van der Waals surface area contributed by atoms with Gasteiger partial charge in [0.05, 0.1) is 29.1 Å². The normalized spacial score (nSPS) is 16.3. The van der Waals surface area contributed by atoms with Crippen LogP contribution in [0.5, 0.6) is 0 Å². The summed E-state index contributed by atoms with van der Waals surface area (Å²) in [5.74, 6) is 0.851. The molecule has 212 valence electrons. The van der Waals surface area contributed by atoms with Gasteiger partial charge in [-0.3, -0.25) is 9.47 Å². The number of rotatable bonds is 3. The quantitative estimate of drug-likeness (QED) is 0.305. The third-order valence-corrected chi connectivity index (χ3v) is 8.08. The number of imidazole rings is 1. The predicted octanol–water partition coefficient (Wildman–Crippen LogP) is 5.10. The third-order valence-electron chi connectivity index (χ3n) is 8.08. The molecule has 3 aliphatic rings. The molecule has 0 radical (unpaired) electrons. The molecule has 10 heteroatoms. The van der Waals surface area contributed by atoms with Gasteiger partial charge in [-0.05, 0) is 68.3 Å². The zero-order valence-electron chi connectivity index (χ0n) is 23.8. The maximum atomic E-state index is 13.5. The highest BCUT2D eigenvalue weighted by atomic mass is 16.6. The van der Waals surface area contributed by atoms with Crippen LogP contribution in [0.4, 0.5) is 15.3 Å². The van der Waals surface area contributed by atoms with Gasteiger partial charge in [-0.25, -0.2) is 14.6 Å². The SMILES string of the molecule is CC(C)(C)OC(=O)N1CC(N2CCN(c3ccc4c(c3)Cn3cc(-c5ccc(C#N)cc5)cc3-c3nccn3-4)C2=O)C1. The molecule has 0 atom stereocenters. The lowest BCUT2D eigenvalue weighted by atomic mass is 10.1. The van der Waals surface area contributed by atoms with Gasteiger partial charge in [0.25, 0.3) is 0 Å². The maximum absolute atomic E-state index is 13.5. The van der Waals surface area contributed by atoms with Crippen LogP contribution in [0.15, 0.2) is 67.1 Å². The Kier molecular flexibility index (Phi) is 5.87. The van der Waals surface area contributed by atoms with Gasteiger partial charge >= 0.3 is 12.1 Å². The number of nitrogens with zero attached hydrogens (tertiary/aromatic N) is 7. The van der Waals surface area contributed by atoms with Gasteiger partial charge in [0.1, 0.15) is 5.60 Å². The number of likely N-dealkylation sites (tertiary alicyclic amines) is 1. The Hall–Kier alpha value is -5.04. The number of nitriles is 1. The molecule has 0 aliphatic carbocycles. The van der Waals surface area contributed by atoms with Crippen molar-refractivity contribution in [3.05, 3.63) is 78.2 Å². The van der Waals surface area contributed by atoms with Crippen LogP contribution in [0, 0.1) is 11.3 Å². The Bertz CT molecular complexity index is 1750. The van der Waals surface area contributed by atoms with Crippen molar-refractivity contribution in [1.82, 2.24) is 23.9 Å². The number of carbonyl (C=O) groups excluding carboxylic acids is 2. The molecule has 0 bridgehead atoms. The summed E-state index contributed by atoms with van der Waals surface area (Å²) in [7, 11) is 0. The van der Waals surface area contributed by atoms with Crippen molar-refractivity contribution in [2.75, 3.05) is 31.1 Å². The lowest BCUT2D eigenvalue weighted by molar-refractivity contribution is -0.00601. The molecule has 42 heavy (non-hydrogen) atoms. The van der Waals surface area contributed by atoms with Gasteiger partial charge in [-0.2, -0.15) is 5.26 Å². The molecule has 2 fully saturated rings. The van der Waals surface area contributed by atoms with Crippen LogP contribution in [-0.4, -0.2) is 73.9 Å². The highest BCUT2D eigenvalue weighted by Crippen LogP contribution is 2.36. The molecule has 2 aromatic carbocycles. The Morgan fingerprint density at radius 2 is 1.83 bits per heavy atom. The first kappa shape index (κ1) is 25.9. The first-order valence-corrected chi connectivity index (χ1v) is 14.1. The molecule has 0 spiro atoms. The summed E-state index contributed by atoms with van der Waals surface area (Å²) in [6.45, 7) is 8.35. The number of benzene rings is 2. The zero-order chi connectivity index (χ0) is 29.2. The number of ether oxygens (including phenoxy) is 1. The van der Waals surface area contributed by atoms with E-state index in [9.17, 15) is 9.59 Å². The average molecular weight is 562 g/mol. The maximum Gasteiger partial charge on any atom is 0.410 e. The third kappa shape index (κ3) is 4.38. The summed E-state index contributed by atoms with van der Waals surface area (Å²) >= 11 is 0. The Balaban J connectivity index is 1.12. The molecule has 0 N–H and O–H groups in total. The number of fused-ring (bicyclic) bond motifs is 5. The van der Waals surface area contributed by atoms with E-state index < -0.39 is 5.60 Å². The Morgan fingerprint density at radius 3 is 2.57 bits per heavy atom. The molecule has 2 aromatic heterocycles. The van der Waals surface area contributed by atoms with Crippen LogP contribution in [-0.2, 0) is 11.3 Å². The molecule has 0 unspecified atom stereocenters. The van der Waals surface area contributed by atoms with E-state index in [1.807, 2.05) is 67.1 Å². The molecule has 3 aliphatic heterocycles. The highest BCUT2D eigenvalue weighted by Gasteiger charge is 2.43. The van der Waals surface area contributed by atoms with Crippen LogP contribution in [0.3, 0.4) is 0 Å². The summed E-state index contributed by atoms with van der Waals surface area (Å²) in [5.41, 5.74) is 6.14. The largest absolute Gasteiger partial charge is 0.444 e. The Morgan fingerprint density at radius 1 is 1.05 bits per heavy atom. The number of anilines is 1. The fourth-order valence-electron chi connectivity index (χ4n) is 5.96. The smallest absolute Gasteiger partial charge is 0.410 e. The minimum absolute atomic E-state index is 0.00701. The predicted molar refractivity (Wildman–Crippen MR) is 157 cm³/mol. The van der Waals surface area contributed by atoms with Crippen molar-refractivity contribution in [1.29, 1.82) is 5.26 Å². The molecule has 5 heterocycles. The van der Waals surface area contributed by atoms with E-state index in [1.165, 1.54) is 0 Å². The van der Waals surface area contributed by atoms with Gasteiger partial charge in [-0.1, -0.05) is 12.1 Å². The summed E-state index contributed by atoms with van der Waals surface area (Å²) in [6, 6.07) is 18.0. The van der Waals surface area contributed by atoms with E-state index in [-0.39, 0.29) is 18.2 Å². The van der Waals surface area contributed by atoms with Gasteiger partial charge < -0.3 is 19.1 Å². The van der Waals surface area contributed by atoms with Crippen LogP contribution in [0.2, 0.25) is 0 Å². The molecular weight excluding hydrogens is 530 g/mol. The second kappa shape index (κ2) is 9.52. The number of urea groups is 1. The number of aromatic nitrogens is 3. The van der Waals surface area contributed by atoms with Crippen LogP contribution in [0.25, 0.3) is 28.3 Å². The number of hydrogen-bond donors (Lipinski definition) is 0. The zero-order valence-corrected chi connectivity index (χ0v) is 23.8. The second-order valence-corrected chi connectivity index (χ2v) is 12.0. The lowest BCUT2D eigenvalue weighted by Crippen LogP contribution is -2.62. The summed E-state index contributed by atoms with van der Waals surface area (Å²) in [4.78, 5) is 35.9. The van der Waals surface area contributed by atoms with Crippen molar-refractivity contribution in [2.24, 2.45) is 0 Å². The Labute approximate surface area is 243 Å². The topological polar surface area (TPSA) is 99.6 Å². The minimum atomic E-state index is -0.544. The van der Waals surface area contributed by atoms with Crippen molar-refractivity contribution in [3.8, 4) is 34.4 Å². The second-order valence-electron chi connectivity index (χ2n) is 12.0. The number of amides is 3. The van der Waals surface area contributed by atoms with Crippen molar-refractivity contribution >= 4 is 17.8 Å². The first-order chi connectivity index (χ1) is 20.2. The summed E-state index contributed by atoms with van der Waals surface area (Å²) < 4.78 is 9.76. The van der Waals surface area contributed by atoms with E-state index in [1.54, 1.807) is 11.1 Å². The molecule has 4 aromatic rings. The fourth-order valence-corrected chi connectivity index (χ4v) is 5.96. The van der Waals surface area contributed by atoms with Crippen molar-refractivity contribution in [2.45, 2.75) is 39.0 Å². The first-order valence-electron chi connectivity index (χ1n) is 14.1. The van der Waals surface area contributed by atoms with E-state index in [2.05, 4.69) is 44.6 Å². The standard InChI is InChI=1S/C32H31N7O3/c1-32(2,3)42-31(41)36-19-26(20-36)38-13-12-37(30(38)40)25-8-9-27-24(14-25)18-35-17-23(22-6-4-21(16-33)5-7-22)15-28(35)29-34-10-11-39(27)29/h4-11,14-15,17,26H,12-13,18-20H2,1-3H3. The van der Waals surface area contributed by atoms with E-state index >= 15 is 0 Å². The summed E-state index contributed by atoms with van der Waals surface area (Å²) in [6.07, 6.45) is 5.55. The molecular formula is C32H31N7O3. The molecule has 10 nitrogen and oxygen atoms in total. The molecule has 2 saturated heterocycles. The van der Waals surface area contributed by atoms with E-state index in [4.69, 9.17) is 10.00 Å². The molecule has 3 amide bonds. The molecule has 0 saturated carbocycles. The summed E-state index contributed by atoms with van der Waals surface area (Å²) in [5, 5.41) is 9.17. The van der Waals surface area contributed by atoms with E-state index in [0.717, 1.165) is 39.6 Å². The number of hydrogen-bond acceptors (Lipinski definition) is 5. The van der Waals surface area contributed by atoms with Gasteiger partial charge in [0.15, 0.2) is 5.82 Å². The van der Waals surface area contributed by atoms with Gasteiger partial charge in [-0.15, -0.1) is 0 Å².